The summed E-state index contributed by atoms with van der Waals surface area (Å²) in [5, 5.41) is 6.34. The zero-order valence-electron chi connectivity index (χ0n) is 15.3. The summed E-state index contributed by atoms with van der Waals surface area (Å²) in [5.41, 5.74) is -2.08. The van der Waals surface area contributed by atoms with Crippen LogP contribution in [-0.2, 0) is 15.7 Å². The van der Waals surface area contributed by atoms with Gasteiger partial charge in [0.15, 0.2) is 6.61 Å². The first kappa shape index (κ1) is 21.1. The summed E-state index contributed by atoms with van der Waals surface area (Å²) in [4.78, 5) is 35.7. The first-order chi connectivity index (χ1) is 13.0. The Bertz CT molecular complexity index is 952. The van der Waals surface area contributed by atoms with Crippen LogP contribution in [0.5, 0.6) is 0 Å². The molecule has 0 unspecified atom stereocenters. The first-order valence-corrected chi connectivity index (χ1v) is 8.24. The SMILES string of the molecule is Cc1cc(=O)c(C(=O)OCC(=O)NC(C)C)nn1-c1cccc(C(F)(F)F)c1. The predicted molar refractivity (Wildman–Crippen MR) is 93.1 cm³/mol. The van der Waals surface area contributed by atoms with Crippen molar-refractivity contribution in [1.29, 1.82) is 0 Å². The molecule has 28 heavy (non-hydrogen) atoms. The van der Waals surface area contributed by atoms with E-state index in [4.69, 9.17) is 4.74 Å². The molecule has 1 aromatic carbocycles. The number of ether oxygens (including phenoxy) is 1. The van der Waals surface area contributed by atoms with Gasteiger partial charge in [0.2, 0.25) is 11.1 Å². The van der Waals surface area contributed by atoms with Crippen LogP contribution in [0.1, 0.15) is 35.6 Å². The molecule has 10 heteroatoms. The number of benzene rings is 1. The molecular weight excluding hydrogens is 379 g/mol. The minimum Gasteiger partial charge on any atom is -0.451 e. The molecule has 0 atom stereocenters. The van der Waals surface area contributed by atoms with Gasteiger partial charge >= 0.3 is 12.1 Å². The van der Waals surface area contributed by atoms with Crippen molar-refractivity contribution in [2.24, 2.45) is 0 Å². The number of halogens is 3. The number of carbonyl (C=O) groups excluding carboxylic acids is 2. The minimum atomic E-state index is -4.56. The molecule has 0 saturated heterocycles. The van der Waals surface area contributed by atoms with E-state index in [9.17, 15) is 27.6 Å². The smallest absolute Gasteiger partial charge is 0.416 e. The van der Waals surface area contributed by atoms with Gasteiger partial charge < -0.3 is 10.1 Å². The van der Waals surface area contributed by atoms with Crippen LogP contribution in [-0.4, -0.2) is 34.3 Å². The highest BCUT2D eigenvalue weighted by Crippen LogP contribution is 2.30. The summed E-state index contributed by atoms with van der Waals surface area (Å²) in [6.07, 6.45) is -4.56. The van der Waals surface area contributed by atoms with E-state index in [1.54, 1.807) is 13.8 Å². The van der Waals surface area contributed by atoms with Gasteiger partial charge in [-0.2, -0.15) is 18.3 Å². The number of esters is 1. The summed E-state index contributed by atoms with van der Waals surface area (Å²) >= 11 is 0. The number of nitrogens with one attached hydrogen (secondary N) is 1. The maximum absolute atomic E-state index is 12.9. The molecule has 1 aromatic heterocycles. The second kappa shape index (κ2) is 8.24. The Morgan fingerprint density at radius 2 is 1.93 bits per heavy atom. The van der Waals surface area contributed by atoms with Gasteiger partial charge in [0.1, 0.15) is 0 Å². The van der Waals surface area contributed by atoms with Crippen molar-refractivity contribution < 1.29 is 27.5 Å². The van der Waals surface area contributed by atoms with E-state index in [1.165, 1.54) is 19.1 Å². The number of hydrogen-bond acceptors (Lipinski definition) is 5. The normalized spacial score (nSPS) is 11.4. The van der Waals surface area contributed by atoms with Gasteiger partial charge in [0.25, 0.3) is 5.91 Å². The van der Waals surface area contributed by atoms with E-state index in [2.05, 4.69) is 10.4 Å². The minimum absolute atomic E-state index is 0.0129. The average molecular weight is 397 g/mol. The number of hydrogen-bond donors (Lipinski definition) is 1. The van der Waals surface area contributed by atoms with Crippen molar-refractivity contribution in [3.8, 4) is 5.69 Å². The van der Waals surface area contributed by atoms with Crippen LogP contribution in [0.3, 0.4) is 0 Å². The van der Waals surface area contributed by atoms with E-state index in [1.807, 2.05) is 0 Å². The van der Waals surface area contributed by atoms with Gasteiger partial charge in [0, 0.05) is 17.8 Å². The van der Waals surface area contributed by atoms with Crippen molar-refractivity contribution in [1.82, 2.24) is 15.1 Å². The quantitative estimate of drug-likeness (QED) is 0.782. The summed E-state index contributed by atoms with van der Waals surface area (Å²) in [6, 6.07) is 5.16. The molecule has 1 heterocycles. The van der Waals surface area contributed by atoms with Gasteiger partial charge in [-0.05, 0) is 39.0 Å². The lowest BCUT2D eigenvalue weighted by Crippen LogP contribution is -2.34. The number of rotatable bonds is 5. The lowest BCUT2D eigenvalue weighted by atomic mass is 10.2. The lowest BCUT2D eigenvalue weighted by Gasteiger charge is -2.13. The highest BCUT2D eigenvalue weighted by Gasteiger charge is 2.30. The molecule has 0 aliphatic carbocycles. The number of nitrogens with zero attached hydrogens (tertiary/aromatic N) is 2. The Hall–Kier alpha value is -3.17. The van der Waals surface area contributed by atoms with Gasteiger partial charge in [-0.3, -0.25) is 9.59 Å². The topological polar surface area (TPSA) is 90.3 Å². The Kier molecular flexibility index (Phi) is 6.22. The largest absolute Gasteiger partial charge is 0.451 e. The van der Waals surface area contributed by atoms with Gasteiger partial charge in [0.05, 0.1) is 11.3 Å². The van der Waals surface area contributed by atoms with Crippen molar-refractivity contribution in [3.63, 3.8) is 0 Å². The standard InChI is InChI=1S/C18H18F3N3O4/c1-10(2)22-15(26)9-28-17(27)16-14(25)7-11(3)24(23-16)13-6-4-5-12(8-13)18(19,20)21/h4-8,10H,9H2,1-3H3,(H,22,26). The molecule has 0 aliphatic rings. The van der Waals surface area contributed by atoms with Crippen LogP contribution in [0.2, 0.25) is 0 Å². The van der Waals surface area contributed by atoms with Gasteiger partial charge in [-0.1, -0.05) is 6.07 Å². The van der Waals surface area contributed by atoms with Crippen LogP contribution in [0.15, 0.2) is 35.1 Å². The number of alkyl halides is 3. The van der Waals surface area contributed by atoms with Gasteiger partial charge in [-0.15, -0.1) is 0 Å². The molecule has 2 rings (SSSR count). The monoisotopic (exact) mass is 397 g/mol. The van der Waals surface area contributed by atoms with E-state index < -0.39 is 41.3 Å². The maximum atomic E-state index is 12.9. The molecule has 0 saturated carbocycles. The fraction of sp³-hybridized carbons (Fsp3) is 0.333. The van der Waals surface area contributed by atoms with Crippen molar-refractivity contribution in [2.45, 2.75) is 33.0 Å². The third-order valence-corrected chi connectivity index (χ3v) is 3.50. The Labute approximate surface area is 158 Å². The van der Waals surface area contributed by atoms with Crippen LogP contribution in [0, 0.1) is 6.92 Å². The molecule has 0 radical (unpaired) electrons. The molecule has 2 aromatic rings. The van der Waals surface area contributed by atoms with Crippen LogP contribution in [0.4, 0.5) is 13.2 Å². The van der Waals surface area contributed by atoms with E-state index in [-0.39, 0.29) is 17.4 Å². The van der Waals surface area contributed by atoms with Crippen LogP contribution < -0.4 is 10.7 Å². The average Bonchev–Trinajstić information content (AvgIpc) is 2.58. The fourth-order valence-electron chi connectivity index (χ4n) is 2.33. The molecule has 0 bridgehead atoms. The third kappa shape index (κ3) is 5.18. The Morgan fingerprint density at radius 3 is 2.54 bits per heavy atom. The summed E-state index contributed by atoms with van der Waals surface area (Å²) in [7, 11) is 0. The molecular formula is C18H18F3N3O4. The first-order valence-electron chi connectivity index (χ1n) is 8.24. The zero-order chi connectivity index (χ0) is 21.1. The summed E-state index contributed by atoms with van der Waals surface area (Å²) in [5.74, 6) is -1.71. The Balaban J connectivity index is 2.34. The maximum Gasteiger partial charge on any atom is 0.416 e. The second-order valence-corrected chi connectivity index (χ2v) is 6.26. The van der Waals surface area contributed by atoms with Crippen molar-refractivity contribution in [2.75, 3.05) is 6.61 Å². The van der Waals surface area contributed by atoms with Gasteiger partial charge in [-0.25, -0.2) is 9.48 Å². The summed E-state index contributed by atoms with van der Waals surface area (Å²) in [6.45, 7) is 4.28. The van der Waals surface area contributed by atoms with E-state index in [0.717, 1.165) is 22.9 Å². The second-order valence-electron chi connectivity index (χ2n) is 6.26. The molecule has 0 spiro atoms. The molecule has 1 N–H and O–H groups in total. The van der Waals surface area contributed by atoms with Crippen LogP contribution in [0.25, 0.3) is 5.69 Å². The Morgan fingerprint density at radius 1 is 1.25 bits per heavy atom. The van der Waals surface area contributed by atoms with E-state index >= 15 is 0 Å². The number of carbonyl (C=O) groups is 2. The lowest BCUT2D eigenvalue weighted by molar-refractivity contribution is -0.137. The summed E-state index contributed by atoms with van der Waals surface area (Å²) < 4.78 is 44.6. The van der Waals surface area contributed by atoms with Crippen molar-refractivity contribution >= 4 is 11.9 Å². The zero-order valence-corrected chi connectivity index (χ0v) is 15.3. The van der Waals surface area contributed by atoms with E-state index in [0.29, 0.717) is 0 Å². The van der Waals surface area contributed by atoms with Crippen LogP contribution >= 0.6 is 0 Å². The third-order valence-electron chi connectivity index (χ3n) is 3.50. The predicted octanol–water partition coefficient (Wildman–Crippen LogP) is 2.24. The molecule has 150 valence electrons. The fourth-order valence-corrected chi connectivity index (χ4v) is 2.33. The van der Waals surface area contributed by atoms with Crippen molar-refractivity contribution in [3.05, 3.63) is 57.5 Å². The molecule has 0 aliphatic heterocycles. The number of amides is 1. The molecule has 0 fully saturated rings. The molecule has 1 amide bonds. The number of aryl methyl sites for hydroxylation is 1. The highest BCUT2D eigenvalue weighted by atomic mass is 19.4. The molecule has 7 nitrogen and oxygen atoms in total. The number of aromatic nitrogens is 2. The highest BCUT2D eigenvalue weighted by molar-refractivity contribution is 5.89.